The fourth-order valence-electron chi connectivity index (χ4n) is 0.769. The molecule has 0 fully saturated rings. The lowest BCUT2D eigenvalue weighted by Gasteiger charge is -1.99. The van der Waals surface area contributed by atoms with Crippen molar-refractivity contribution in [3.63, 3.8) is 0 Å². The molecular formula is C6H8FN3O. The van der Waals surface area contributed by atoms with E-state index in [0.717, 1.165) is 0 Å². The van der Waals surface area contributed by atoms with Gasteiger partial charge in [0.15, 0.2) is 11.6 Å². The summed E-state index contributed by atoms with van der Waals surface area (Å²) in [7, 11) is 0. The highest BCUT2D eigenvalue weighted by Gasteiger charge is 2.06. The molecule has 0 saturated heterocycles. The molecule has 3 N–H and O–H groups in total. The van der Waals surface area contributed by atoms with Crippen LogP contribution in [0.1, 0.15) is 12.6 Å². The highest BCUT2D eigenvalue weighted by atomic mass is 19.1. The summed E-state index contributed by atoms with van der Waals surface area (Å²) in [5.74, 6) is -0.974. The van der Waals surface area contributed by atoms with E-state index in [1.54, 1.807) is 6.92 Å². The summed E-state index contributed by atoms with van der Waals surface area (Å²) in [4.78, 5) is 16.0. The van der Waals surface area contributed by atoms with Gasteiger partial charge in [-0.3, -0.25) is 0 Å². The second kappa shape index (κ2) is 2.69. The van der Waals surface area contributed by atoms with E-state index in [0.29, 0.717) is 6.42 Å². The molecule has 60 valence electrons. The Balaban J connectivity index is 3.36. The largest absolute Gasteiger partial charge is 0.381 e. The summed E-state index contributed by atoms with van der Waals surface area (Å²) in [6.45, 7) is 1.72. The predicted octanol–water partition coefficient (Wildman–Crippen LogP) is 0.0536. The van der Waals surface area contributed by atoms with Crippen LogP contribution in [0.5, 0.6) is 0 Å². The SMILES string of the molecule is CCc1[nH]c(=O)nc(N)c1F. The van der Waals surface area contributed by atoms with Crippen molar-refractivity contribution in [3.05, 3.63) is 22.0 Å². The Labute approximate surface area is 62.3 Å². The van der Waals surface area contributed by atoms with Crippen molar-refractivity contribution in [1.82, 2.24) is 9.97 Å². The van der Waals surface area contributed by atoms with Crippen LogP contribution in [0.4, 0.5) is 10.2 Å². The number of nitrogens with one attached hydrogen (secondary N) is 1. The van der Waals surface area contributed by atoms with Crippen LogP contribution in [0.25, 0.3) is 0 Å². The first-order valence-electron chi connectivity index (χ1n) is 3.19. The first-order valence-corrected chi connectivity index (χ1v) is 3.19. The van der Waals surface area contributed by atoms with Crippen LogP contribution >= 0.6 is 0 Å². The minimum Gasteiger partial charge on any atom is -0.381 e. The fourth-order valence-corrected chi connectivity index (χ4v) is 0.769. The quantitative estimate of drug-likeness (QED) is 0.605. The first-order chi connectivity index (χ1) is 5.15. The molecule has 0 aliphatic heterocycles. The minimum atomic E-state index is -0.632. The number of aromatic amines is 1. The fraction of sp³-hybridized carbons (Fsp3) is 0.333. The number of halogens is 1. The lowest BCUT2D eigenvalue weighted by atomic mass is 10.3. The zero-order valence-electron chi connectivity index (χ0n) is 6.02. The van der Waals surface area contributed by atoms with Crippen LogP contribution in [0.2, 0.25) is 0 Å². The van der Waals surface area contributed by atoms with Crippen molar-refractivity contribution in [2.24, 2.45) is 0 Å². The van der Waals surface area contributed by atoms with Gasteiger partial charge in [-0.1, -0.05) is 6.92 Å². The number of hydrogen-bond donors (Lipinski definition) is 2. The lowest BCUT2D eigenvalue weighted by molar-refractivity contribution is 0.596. The van der Waals surface area contributed by atoms with Crippen LogP contribution in [0.15, 0.2) is 4.79 Å². The van der Waals surface area contributed by atoms with E-state index in [4.69, 9.17) is 5.73 Å². The van der Waals surface area contributed by atoms with Gasteiger partial charge in [0.2, 0.25) is 0 Å². The maximum absolute atomic E-state index is 12.8. The van der Waals surface area contributed by atoms with Gasteiger partial charge in [0.1, 0.15) is 0 Å². The summed E-state index contributed by atoms with van der Waals surface area (Å²) in [6, 6.07) is 0. The molecule has 4 nitrogen and oxygen atoms in total. The average molecular weight is 157 g/mol. The molecular weight excluding hydrogens is 149 g/mol. The molecule has 0 amide bonds. The van der Waals surface area contributed by atoms with E-state index in [1.165, 1.54) is 0 Å². The van der Waals surface area contributed by atoms with Crippen LogP contribution in [-0.4, -0.2) is 9.97 Å². The summed E-state index contributed by atoms with van der Waals surface area (Å²) in [5.41, 5.74) is 4.68. The van der Waals surface area contributed by atoms with Gasteiger partial charge in [0.05, 0.1) is 5.69 Å². The molecule has 1 aromatic rings. The number of hydrogen-bond acceptors (Lipinski definition) is 3. The number of aromatic nitrogens is 2. The molecule has 0 aliphatic rings. The van der Waals surface area contributed by atoms with E-state index < -0.39 is 11.5 Å². The standard InChI is InChI=1S/C6H8FN3O/c1-2-3-4(7)5(8)10-6(11)9-3/h2H2,1H3,(H3,8,9,10,11). The molecule has 5 heteroatoms. The van der Waals surface area contributed by atoms with Crippen molar-refractivity contribution in [2.45, 2.75) is 13.3 Å². The number of nitrogens with two attached hydrogens (primary N) is 1. The number of H-pyrrole nitrogens is 1. The van der Waals surface area contributed by atoms with Crippen molar-refractivity contribution in [2.75, 3.05) is 5.73 Å². The third-order valence-electron chi connectivity index (χ3n) is 1.32. The third kappa shape index (κ3) is 1.36. The molecule has 1 heterocycles. The zero-order valence-corrected chi connectivity index (χ0v) is 6.02. The van der Waals surface area contributed by atoms with Crippen LogP contribution < -0.4 is 11.4 Å². The van der Waals surface area contributed by atoms with Gasteiger partial charge in [-0.05, 0) is 6.42 Å². The number of nitrogen functional groups attached to an aromatic ring is 1. The van der Waals surface area contributed by atoms with E-state index in [-0.39, 0.29) is 11.5 Å². The van der Waals surface area contributed by atoms with Crippen LogP contribution in [0, 0.1) is 5.82 Å². The molecule has 11 heavy (non-hydrogen) atoms. The highest BCUT2D eigenvalue weighted by Crippen LogP contribution is 2.06. The number of aryl methyl sites for hydroxylation is 1. The summed E-state index contributed by atoms with van der Waals surface area (Å²) < 4.78 is 12.8. The van der Waals surface area contributed by atoms with Crippen molar-refractivity contribution >= 4 is 5.82 Å². The molecule has 0 bridgehead atoms. The zero-order chi connectivity index (χ0) is 8.43. The van der Waals surface area contributed by atoms with Crippen molar-refractivity contribution in [3.8, 4) is 0 Å². The van der Waals surface area contributed by atoms with Gasteiger partial charge >= 0.3 is 5.69 Å². The maximum Gasteiger partial charge on any atom is 0.347 e. The average Bonchev–Trinajstić information content (AvgIpc) is 1.96. The summed E-state index contributed by atoms with van der Waals surface area (Å²) >= 11 is 0. The van der Waals surface area contributed by atoms with Gasteiger partial charge in [-0.2, -0.15) is 4.98 Å². The lowest BCUT2D eigenvalue weighted by Crippen LogP contribution is -2.17. The van der Waals surface area contributed by atoms with E-state index >= 15 is 0 Å². The Morgan fingerprint density at radius 3 is 2.91 bits per heavy atom. The van der Waals surface area contributed by atoms with Gasteiger partial charge in [0, 0.05) is 0 Å². The molecule has 0 atom stereocenters. The highest BCUT2D eigenvalue weighted by molar-refractivity contribution is 5.30. The van der Waals surface area contributed by atoms with Gasteiger partial charge in [-0.25, -0.2) is 9.18 Å². The van der Waals surface area contributed by atoms with Crippen molar-refractivity contribution < 1.29 is 4.39 Å². The third-order valence-corrected chi connectivity index (χ3v) is 1.32. The predicted molar refractivity (Wildman–Crippen MR) is 38.6 cm³/mol. The van der Waals surface area contributed by atoms with Gasteiger partial charge in [0.25, 0.3) is 0 Å². The smallest absolute Gasteiger partial charge is 0.347 e. The second-order valence-electron chi connectivity index (χ2n) is 2.07. The molecule has 1 rings (SSSR count). The summed E-state index contributed by atoms with van der Waals surface area (Å²) in [6.07, 6.45) is 0.397. The first kappa shape index (κ1) is 7.71. The van der Waals surface area contributed by atoms with Crippen LogP contribution in [-0.2, 0) is 6.42 Å². The number of anilines is 1. The molecule has 0 aliphatic carbocycles. The topological polar surface area (TPSA) is 71.8 Å². The molecule has 0 aromatic carbocycles. The minimum absolute atomic E-state index is 0.197. The van der Waals surface area contributed by atoms with Gasteiger partial charge in [-0.15, -0.1) is 0 Å². The molecule has 0 saturated carbocycles. The Bertz CT molecular complexity index is 320. The normalized spacial score (nSPS) is 10.0. The molecule has 0 spiro atoms. The van der Waals surface area contributed by atoms with E-state index in [9.17, 15) is 9.18 Å². The molecule has 0 unspecified atom stereocenters. The Morgan fingerprint density at radius 2 is 2.36 bits per heavy atom. The van der Waals surface area contributed by atoms with E-state index in [2.05, 4.69) is 9.97 Å². The van der Waals surface area contributed by atoms with E-state index in [1.807, 2.05) is 0 Å². The molecule has 1 aromatic heterocycles. The van der Waals surface area contributed by atoms with Crippen LogP contribution in [0.3, 0.4) is 0 Å². The van der Waals surface area contributed by atoms with Crippen molar-refractivity contribution in [1.29, 1.82) is 0 Å². The second-order valence-corrected chi connectivity index (χ2v) is 2.07. The monoisotopic (exact) mass is 157 g/mol. The van der Waals surface area contributed by atoms with Gasteiger partial charge < -0.3 is 10.7 Å². The molecule has 0 radical (unpaired) electrons. The maximum atomic E-state index is 12.8. The summed E-state index contributed by atoms with van der Waals surface area (Å²) in [5, 5.41) is 0. The Hall–Kier alpha value is -1.39. The Morgan fingerprint density at radius 1 is 1.73 bits per heavy atom. The number of rotatable bonds is 1. The number of nitrogens with zero attached hydrogens (tertiary/aromatic N) is 1. The Kier molecular flexibility index (Phi) is 1.89.